The Morgan fingerprint density at radius 1 is 0.719 bits per heavy atom. The summed E-state index contributed by atoms with van der Waals surface area (Å²) in [7, 11) is 1.68. The first-order chi connectivity index (χ1) is 26.9. The van der Waals surface area contributed by atoms with E-state index in [1.807, 2.05) is 65.0 Å². The van der Waals surface area contributed by atoms with E-state index in [-0.39, 0.29) is 34.4 Å². The van der Waals surface area contributed by atoms with Crippen LogP contribution < -0.4 is 15.4 Å². The van der Waals surface area contributed by atoms with E-state index >= 15 is 0 Å². The number of phenols is 1. The second kappa shape index (κ2) is 16.8. The number of aromatic nitrogens is 4. The van der Waals surface area contributed by atoms with Gasteiger partial charge in [-0.25, -0.2) is 0 Å². The molecule has 2 amide bonds. The second-order valence-corrected chi connectivity index (χ2v) is 19.2. The number of phenolic OH excluding ortho intramolecular Hbond substituents is 1. The Morgan fingerprint density at radius 3 is 1.82 bits per heavy atom. The lowest BCUT2D eigenvalue weighted by molar-refractivity contribution is 0.0894. The van der Waals surface area contributed by atoms with E-state index in [1.165, 1.54) is 5.57 Å². The van der Waals surface area contributed by atoms with Gasteiger partial charge in [0.15, 0.2) is 11.4 Å². The van der Waals surface area contributed by atoms with Crippen molar-refractivity contribution in [1.82, 2.24) is 31.0 Å². The van der Waals surface area contributed by atoms with Crippen molar-refractivity contribution in [3.05, 3.63) is 103 Å². The lowest BCUT2D eigenvalue weighted by Crippen LogP contribution is -2.44. The van der Waals surface area contributed by atoms with Crippen LogP contribution in [0.25, 0.3) is 22.3 Å². The molecule has 4 aromatic rings. The molecule has 0 aliphatic heterocycles. The highest BCUT2D eigenvalue weighted by Crippen LogP contribution is 2.47. The Hall–Kier alpha value is -4.42. The van der Waals surface area contributed by atoms with Crippen molar-refractivity contribution < 1.29 is 19.4 Å². The molecule has 0 unspecified atom stereocenters. The number of benzene rings is 2. The lowest BCUT2D eigenvalue weighted by Gasteiger charge is -2.33. The molecule has 6 rings (SSSR count). The van der Waals surface area contributed by atoms with E-state index < -0.39 is 11.1 Å². The predicted octanol–water partition coefficient (Wildman–Crippen LogP) is 10.5. The van der Waals surface area contributed by atoms with Crippen LogP contribution in [0, 0.1) is 0 Å². The van der Waals surface area contributed by atoms with Gasteiger partial charge in [-0.1, -0.05) is 45.7 Å². The number of rotatable bonds is 12. The molecule has 2 aliphatic rings. The fourth-order valence-corrected chi connectivity index (χ4v) is 9.08. The van der Waals surface area contributed by atoms with Crippen molar-refractivity contribution >= 4 is 66.0 Å². The minimum Gasteiger partial charge on any atom is -0.507 e. The van der Waals surface area contributed by atoms with Gasteiger partial charge in [0, 0.05) is 42.3 Å². The van der Waals surface area contributed by atoms with Crippen LogP contribution in [0.5, 0.6) is 11.5 Å². The average molecular weight is 901 g/mol. The molecule has 3 N–H and O–H groups in total. The zero-order chi connectivity index (χ0) is 41.3. The number of carbonyl (C=O) groups is 2. The van der Waals surface area contributed by atoms with Gasteiger partial charge in [-0.05, 0) is 162 Å². The summed E-state index contributed by atoms with van der Waals surface area (Å²) in [5.74, 6) is 0.466. The quantitative estimate of drug-likeness (QED) is 0.128. The van der Waals surface area contributed by atoms with Gasteiger partial charge in [0.25, 0.3) is 11.8 Å². The molecule has 0 fully saturated rings. The molecule has 0 atom stereocenters. The topological polar surface area (TPSA) is 139 Å². The number of allylic oxidation sites excluding steroid dienone is 4. The van der Waals surface area contributed by atoms with E-state index in [1.54, 1.807) is 25.6 Å². The van der Waals surface area contributed by atoms with Crippen molar-refractivity contribution in [3.8, 4) is 11.5 Å². The second-order valence-electron chi connectivity index (χ2n) is 17.4. The van der Waals surface area contributed by atoms with Crippen LogP contribution in [0.2, 0.25) is 0 Å². The third-order valence-electron chi connectivity index (χ3n) is 10.8. The fraction of sp³-hybridized carbons (Fsp3) is 0.422. The van der Waals surface area contributed by atoms with Crippen LogP contribution >= 0.6 is 31.9 Å². The largest absolute Gasteiger partial charge is 0.507 e. The molecule has 57 heavy (non-hydrogen) atoms. The monoisotopic (exact) mass is 898 g/mol. The number of nitrogens with zero attached hydrogens (tertiary/aromatic N) is 4. The fourth-order valence-electron chi connectivity index (χ4n) is 7.84. The molecule has 0 saturated heterocycles. The highest BCUT2D eigenvalue weighted by Gasteiger charge is 2.31. The summed E-state index contributed by atoms with van der Waals surface area (Å²) in [5.41, 5.74) is 8.17. The SMILES string of the molecule is COc1ccc(Br)cc1C1=C(c2cnnc(C(=O)NC(C)(C)CCC(C)(C)c3cc(O)c(C4=C(c5cnnc(C(=O)NC(C)(C)C)c5)CCC4)cc3Br)c2)CCC1. The first kappa shape index (κ1) is 42.2. The number of methoxy groups -OCH3 is 1. The molecule has 0 spiro atoms. The normalized spacial score (nSPS) is 15.0. The van der Waals surface area contributed by atoms with Gasteiger partial charge >= 0.3 is 0 Å². The molecular weight excluding hydrogens is 848 g/mol. The molecule has 0 bridgehead atoms. The number of halogens is 2. The third kappa shape index (κ3) is 9.83. The Labute approximate surface area is 352 Å². The molecule has 2 aromatic heterocycles. The van der Waals surface area contributed by atoms with Gasteiger partial charge < -0.3 is 20.5 Å². The van der Waals surface area contributed by atoms with Crippen LogP contribution in [-0.2, 0) is 5.41 Å². The van der Waals surface area contributed by atoms with Crippen molar-refractivity contribution in [1.29, 1.82) is 0 Å². The standard InChI is InChI=1S/C45H52Br2N6O4/c1-43(2,3)50-41(55)37-19-26(24-48-52-37)29-11-9-13-31(29)33-22-36(47)35(23-39(33)54)44(4,5)17-18-45(6,7)51-42(56)38-20-27(25-49-53-38)30-12-10-14-32(30)34-21-28(46)15-16-40(34)57-8/h15-16,19-25,54H,9-14,17-18H2,1-8H3,(H,50,55)(H,51,56). The Bertz CT molecular complexity index is 2270. The van der Waals surface area contributed by atoms with E-state index in [4.69, 9.17) is 4.74 Å². The maximum absolute atomic E-state index is 13.7. The zero-order valence-electron chi connectivity index (χ0n) is 34.1. The summed E-state index contributed by atoms with van der Waals surface area (Å²) in [5, 5.41) is 34.4. The van der Waals surface area contributed by atoms with E-state index in [2.05, 4.69) is 82.8 Å². The van der Waals surface area contributed by atoms with Crippen molar-refractivity contribution in [3.63, 3.8) is 0 Å². The number of carbonyl (C=O) groups excluding carboxylic acids is 2. The van der Waals surface area contributed by atoms with Gasteiger partial charge in [0.1, 0.15) is 11.5 Å². The summed E-state index contributed by atoms with van der Waals surface area (Å²) < 4.78 is 7.56. The van der Waals surface area contributed by atoms with E-state index in [0.29, 0.717) is 6.42 Å². The summed E-state index contributed by atoms with van der Waals surface area (Å²) in [6, 6.07) is 13.5. The molecule has 2 heterocycles. The molecular formula is C45H52Br2N6O4. The molecule has 12 heteroatoms. The average Bonchev–Trinajstić information content (AvgIpc) is 3.85. The van der Waals surface area contributed by atoms with Crippen LogP contribution in [-0.4, -0.2) is 55.5 Å². The van der Waals surface area contributed by atoms with Crippen LogP contribution in [0.4, 0.5) is 0 Å². The molecule has 2 aromatic carbocycles. The van der Waals surface area contributed by atoms with Crippen molar-refractivity contribution in [2.45, 2.75) is 116 Å². The number of amides is 2. The molecule has 300 valence electrons. The van der Waals surface area contributed by atoms with Crippen LogP contribution in [0.1, 0.15) is 149 Å². The minimum atomic E-state index is -0.563. The Balaban J connectivity index is 1.17. The minimum absolute atomic E-state index is 0.202. The summed E-state index contributed by atoms with van der Waals surface area (Å²) >= 11 is 7.45. The Kier molecular flexibility index (Phi) is 12.4. The first-order valence-corrected chi connectivity index (χ1v) is 21.1. The highest BCUT2D eigenvalue weighted by molar-refractivity contribution is 9.10. The van der Waals surface area contributed by atoms with Gasteiger partial charge in [-0.3, -0.25) is 9.59 Å². The maximum atomic E-state index is 13.7. The van der Waals surface area contributed by atoms with E-state index in [0.717, 1.165) is 104 Å². The number of ether oxygens (including phenoxy) is 1. The molecule has 0 radical (unpaired) electrons. The van der Waals surface area contributed by atoms with Crippen molar-refractivity contribution in [2.24, 2.45) is 0 Å². The van der Waals surface area contributed by atoms with Crippen molar-refractivity contribution in [2.75, 3.05) is 7.11 Å². The maximum Gasteiger partial charge on any atom is 0.272 e. The predicted molar refractivity (Wildman–Crippen MR) is 233 cm³/mol. The first-order valence-electron chi connectivity index (χ1n) is 19.5. The lowest BCUT2D eigenvalue weighted by atomic mass is 9.77. The van der Waals surface area contributed by atoms with E-state index in [9.17, 15) is 14.7 Å². The summed E-state index contributed by atoms with van der Waals surface area (Å²) in [4.78, 5) is 26.6. The zero-order valence-corrected chi connectivity index (χ0v) is 37.2. The molecule has 0 saturated carbocycles. The van der Waals surface area contributed by atoms with Gasteiger partial charge in [0.2, 0.25) is 0 Å². The third-order valence-corrected chi connectivity index (χ3v) is 12.0. The number of aromatic hydroxyl groups is 1. The Morgan fingerprint density at radius 2 is 1.26 bits per heavy atom. The van der Waals surface area contributed by atoms with Gasteiger partial charge in [0.05, 0.1) is 19.5 Å². The number of hydrogen-bond acceptors (Lipinski definition) is 8. The van der Waals surface area contributed by atoms with Crippen LogP contribution in [0.15, 0.2) is 63.8 Å². The van der Waals surface area contributed by atoms with Gasteiger partial charge in [-0.15, -0.1) is 10.2 Å². The molecule has 2 aliphatic carbocycles. The summed E-state index contributed by atoms with van der Waals surface area (Å²) in [6.07, 6.45) is 10.1. The summed E-state index contributed by atoms with van der Waals surface area (Å²) in [6.45, 7) is 14.1. The smallest absolute Gasteiger partial charge is 0.272 e. The highest BCUT2D eigenvalue weighted by atomic mass is 79.9. The number of nitrogens with one attached hydrogen (secondary N) is 2. The molecule has 10 nitrogen and oxygen atoms in total. The number of hydrogen-bond donors (Lipinski definition) is 3. The van der Waals surface area contributed by atoms with Gasteiger partial charge in [-0.2, -0.15) is 10.2 Å². The van der Waals surface area contributed by atoms with Crippen LogP contribution in [0.3, 0.4) is 0 Å².